The first kappa shape index (κ1) is 20.1. The lowest BCUT2D eigenvalue weighted by Crippen LogP contribution is -2.45. The van der Waals surface area contributed by atoms with Crippen LogP contribution in [0.25, 0.3) is 0 Å². The topological polar surface area (TPSA) is 50.8 Å². The van der Waals surface area contributed by atoms with Crippen molar-refractivity contribution in [3.63, 3.8) is 0 Å². The molecule has 1 amide bonds. The number of piperidine rings is 1. The molecule has 0 aromatic heterocycles. The largest absolute Gasteiger partial charge is 0.375 e. The maximum Gasteiger partial charge on any atom is 0.246 e. The summed E-state index contributed by atoms with van der Waals surface area (Å²) in [5.41, 5.74) is -0.469. The average molecular weight is 386 g/mol. The van der Waals surface area contributed by atoms with E-state index in [9.17, 15) is 18.0 Å². The minimum atomic E-state index is -1.11. The minimum Gasteiger partial charge on any atom is -0.375 e. The van der Waals surface area contributed by atoms with Gasteiger partial charge >= 0.3 is 0 Å². The van der Waals surface area contributed by atoms with Crippen LogP contribution < -0.4 is 5.32 Å². The Morgan fingerprint density at radius 3 is 2.67 bits per heavy atom. The Kier molecular flexibility index (Phi) is 6.39. The van der Waals surface area contributed by atoms with Gasteiger partial charge in [-0.3, -0.25) is 9.69 Å². The van der Waals surface area contributed by atoms with E-state index >= 15 is 0 Å². The number of methoxy groups -OCH3 is 1. The first-order chi connectivity index (χ1) is 12.9. The summed E-state index contributed by atoms with van der Waals surface area (Å²) in [6.45, 7) is 1.77. The Morgan fingerprint density at radius 1 is 1.26 bits per heavy atom. The van der Waals surface area contributed by atoms with E-state index in [2.05, 4.69) is 5.32 Å². The highest BCUT2D eigenvalue weighted by Gasteiger charge is 2.42. The molecule has 1 aromatic rings. The Hall–Kier alpha value is -1.64. The molecule has 27 heavy (non-hydrogen) atoms. The fourth-order valence-electron chi connectivity index (χ4n) is 3.87. The predicted molar refractivity (Wildman–Crippen MR) is 92.6 cm³/mol. The Balaban J connectivity index is 1.49. The van der Waals surface area contributed by atoms with Crippen LogP contribution in [0.2, 0.25) is 0 Å². The molecule has 2 heterocycles. The molecule has 5 nitrogen and oxygen atoms in total. The summed E-state index contributed by atoms with van der Waals surface area (Å²) in [4.78, 5) is 13.4. The van der Waals surface area contributed by atoms with Gasteiger partial charge in [0.2, 0.25) is 5.91 Å². The van der Waals surface area contributed by atoms with Gasteiger partial charge in [0.05, 0.1) is 11.7 Å². The van der Waals surface area contributed by atoms with E-state index in [-0.39, 0.29) is 36.3 Å². The lowest BCUT2D eigenvalue weighted by Gasteiger charge is -2.39. The number of nitrogens with zero attached hydrogens (tertiary/aromatic N) is 1. The van der Waals surface area contributed by atoms with Crippen molar-refractivity contribution in [3.05, 3.63) is 35.1 Å². The molecular formula is C19H25F3N2O3. The lowest BCUT2D eigenvalue weighted by molar-refractivity contribution is -0.126. The van der Waals surface area contributed by atoms with E-state index in [1.165, 1.54) is 7.11 Å². The molecule has 1 atom stereocenters. The molecule has 2 aliphatic rings. The molecule has 0 bridgehead atoms. The fourth-order valence-corrected chi connectivity index (χ4v) is 3.87. The first-order valence-electron chi connectivity index (χ1n) is 9.21. The van der Waals surface area contributed by atoms with E-state index in [4.69, 9.17) is 9.47 Å². The number of carbonyl (C=O) groups excluding carboxylic acids is 1. The Bertz CT molecular complexity index is 678. The number of hydrogen-bond donors (Lipinski definition) is 1. The highest BCUT2D eigenvalue weighted by Crippen LogP contribution is 2.39. The first-order valence-corrected chi connectivity index (χ1v) is 9.21. The fraction of sp³-hybridized carbons (Fsp3) is 0.632. The van der Waals surface area contributed by atoms with Crippen molar-refractivity contribution in [3.8, 4) is 0 Å². The summed E-state index contributed by atoms with van der Waals surface area (Å²) in [7, 11) is 1.47. The van der Waals surface area contributed by atoms with Gasteiger partial charge in [-0.1, -0.05) is 0 Å². The van der Waals surface area contributed by atoms with Gasteiger partial charge in [-0.25, -0.2) is 13.2 Å². The van der Waals surface area contributed by atoms with Crippen LogP contribution in [-0.2, 0) is 20.8 Å². The van der Waals surface area contributed by atoms with Gasteiger partial charge in [-0.05, 0) is 37.8 Å². The van der Waals surface area contributed by atoms with Crippen molar-refractivity contribution in [2.45, 2.75) is 43.9 Å². The van der Waals surface area contributed by atoms with Gasteiger partial charge in [0.15, 0.2) is 11.6 Å². The average Bonchev–Trinajstić information content (AvgIpc) is 3.05. The molecule has 1 N–H and O–H groups in total. The zero-order valence-electron chi connectivity index (χ0n) is 15.4. The van der Waals surface area contributed by atoms with E-state index in [0.717, 1.165) is 37.8 Å². The highest BCUT2D eigenvalue weighted by atomic mass is 19.2. The number of carbonyl (C=O) groups is 1. The van der Waals surface area contributed by atoms with Gasteiger partial charge in [0, 0.05) is 38.9 Å². The van der Waals surface area contributed by atoms with E-state index < -0.39 is 17.5 Å². The van der Waals surface area contributed by atoms with Gasteiger partial charge in [-0.15, -0.1) is 0 Å². The third-order valence-corrected chi connectivity index (χ3v) is 5.43. The number of rotatable bonds is 6. The van der Waals surface area contributed by atoms with Crippen LogP contribution in [-0.4, -0.2) is 55.9 Å². The van der Waals surface area contributed by atoms with Crippen molar-refractivity contribution in [2.75, 3.05) is 33.4 Å². The smallest absolute Gasteiger partial charge is 0.246 e. The van der Waals surface area contributed by atoms with E-state index in [1.807, 2.05) is 4.90 Å². The van der Waals surface area contributed by atoms with Gasteiger partial charge in [0.25, 0.3) is 0 Å². The number of likely N-dealkylation sites (tertiary alicyclic amines) is 1. The van der Waals surface area contributed by atoms with E-state index in [0.29, 0.717) is 19.6 Å². The molecule has 0 saturated carbocycles. The Labute approximate surface area is 156 Å². The number of ether oxygens (including phenoxy) is 2. The Morgan fingerprint density at radius 2 is 1.96 bits per heavy atom. The third-order valence-electron chi connectivity index (χ3n) is 5.43. The van der Waals surface area contributed by atoms with Crippen LogP contribution in [0.15, 0.2) is 12.1 Å². The second kappa shape index (κ2) is 8.58. The molecule has 8 heteroatoms. The van der Waals surface area contributed by atoms with Crippen LogP contribution in [0.5, 0.6) is 0 Å². The number of amides is 1. The quantitative estimate of drug-likeness (QED) is 0.763. The molecule has 1 aromatic carbocycles. The van der Waals surface area contributed by atoms with Gasteiger partial charge in [0.1, 0.15) is 12.4 Å². The molecule has 2 fully saturated rings. The van der Waals surface area contributed by atoms with Crippen molar-refractivity contribution in [1.29, 1.82) is 0 Å². The molecule has 1 unspecified atom stereocenters. The summed E-state index contributed by atoms with van der Waals surface area (Å²) in [6, 6.07) is 1.76. The highest BCUT2D eigenvalue weighted by molar-refractivity contribution is 5.77. The summed E-state index contributed by atoms with van der Waals surface area (Å²) < 4.78 is 52.0. The van der Waals surface area contributed by atoms with E-state index in [1.54, 1.807) is 0 Å². The maximum atomic E-state index is 13.9. The van der Waals surface area contributed by atoms with Crippen LogP contribution in [0, 0.1) is 17.5 Å². The standard InChI is InChI=1S/C19H25F3N2O3/c1-26-12-17(25)23-10-13-4-5-19(27-13)6-8-24(9-7-19)11-14-15(20)2-3-16(21)18(14)22/h2-3,13H,4-12H2,1H3,(H,23,25). The van der Waals surface area contributed by atoms with Crippen molar-refractivity contribution < 1.29 is 27.4 Å². The molecule has 0 radical (unpaired) electrons. The number of benzene rings is 1. The lowest BCUT2D eigenvalue weighted by atomic mass is 9.88. The second-order valence-corrected chi connectivity index (χ2v) is 7.30. The minimum absolute atomic E-state index is 0.0278. The summed E-state index contributed by atoms with van der Waals surface area (Å²) in [6.07, 6.45) is 3.21. The van der Waals surface area contributed by atoms with Gasteiger partial charge in [-0.2, -0.15) is 0 Å². The summed E-state index contributed by atoms with van der Waals surface area (Å²) in [5.74, 6) is -3.04. The van der Waals surface area contributed by atoms with Crippen molar-refractivity contribution in [1.82, 2.24) is 10.2 Å². The summed E-state index contributed by atoms with van der Waals surface area (Å²) >= 11 is 0. The van der Waals surface area contributed by atoms with Crippen LogP contribution in [0.1, 0.15) is 31.2 Å². The molecule has 2 saturated heterocycles. The molecule has 3 rings (SSSR count). The number of halogens is 3. The third kappa shape index (κ3) is 4.80. The molecule has 2 aliphatic heterocycles. The predicted octanol–water partition coefficient (Wildman–Crippen LogP) is 2.38. The number of nitrogens with one attached hydrogen (secondary N) is 1. The van der Waals surface area contributed by atoms with Crippen molar-refractivity contribution >= 4 is 5.91 Å². The second-order valence-electron chi connectivity index (χ2n) is 7.30. The summed E-state index contributed by atoms with van der Waals surface area (Å²) in [5, 5.41) is 2.79. The van der Waals surface area contributed by atoms with Crippen molar-refractivity contribution in [2.24, 2.45) is 0 Å². The normalized spacial score (nSPS) is 22.3. The van der Waals surface area contributed by atoms with Crippen LogP contribution in [0.3, 0.4) is 0 Å². The SMILES string of the molecule is COCC(=O)NCC1CCC2(CCN(Cc3c(F)ccc(F)c3F)CC2)O1. The molecule has 0 aliphatic carbocycles. The van der Waals surface area contributed by atoms with Gasteiger partial charge < -0.3 is 14.8 Å². The monoisotopic (exact) mass is 386 g/mol. The number of hydrogen-bond acceptors (Lipinski definition) is 4. The maximum absolute atomic E-state index is 13.9. The van der Waals surface area contributed by atoms with Crippen LogP contribution >= 0.6 is 0 Å². The zero-order chi connectivity index (χ0) is 19.4. The molecular weight excluding hydrogens is 361 g/mol. The zero-order valence-corrected chi connectivity index (χ0v) is 15.4. The molecule has 1 spiro atoms. The molecule has 150 valence electrons. The van der Waals surface area contributed by atoms with Crippen LogP contribution in [0.4, 0.5) is 13.2 Å².